The second-order valence-electron chi connectivity index (χ2n) is 7.34. The Labute approximate surface area is 192 Å². The fourth-order valence-corrected chi connectivity index (χ4v) is 3.21. The molecule has 35 heavy (non-hydrogen) atoms. The Morgan fingerprint density at radius 3 is 2.11 bits per heavy atom. The standard InChI is InChI=1S/C20H13F6N7O2/c1-31-15(17(34)33(18(31)35)7-11-5-27-9-28-6-11)8-32-10-29-16(30-32)12-2-13(19(21,22)23)4-14(3-12)20(24,25)26/h2-6,8-10H,7H2,1H3. The van der Waals surface area contributed by atoms with Crippen LogP contribution in [0.15, 0.2) is 48.9 Å². The first-order valence-electron chi connectivity index (χ1n) is 9.61. The van der Waals surface area contributed by atoms with Gasteiger partial charge in [0.1, 0.15) is 18.4 Å². The van der Waals surface area contributed by atoms with Gasteiger partial charge in [-0.2, -0.15) is 26.3 Å². The van der Waals surface area contributed by atoms with Crippen molar-refractivity contribution in [3.05, 3.63) is 65.6 Å². The molecule has 0 aliphatic carbocycles. The van der Waals surface area contributed by atoms with Crippen LogP contribution in [0.25, 0.3) is 17.6 Å². The summed E-state index contributed by atoms with van der Waals surface area (Å²) in [4.78, 5) is 38.6. The van der Waals surface area contributed by atoms with E-state index in [0.29, 0.717) is 17.7 Å². The molecular weight excluding hydrogens is 484 g/mol. The largest absolute Gasteiger partial charge is 0.416 e. The Bertz CT molecular complexity index is 1290. The van der Waals surface area contributed by atoms with Gasteiger partial charge in [0.2, 0.25) is 0 Å². The SMILES string of the molecule is CN1C(=O)N(Cc2cncnc2)C(=O)C1=Cn1cnc(-c2cc(C(F)(F)F)cc(C(F)(F)F)c2)n1. The number of imide groups is 1. The number of nitrogens with zero attached hydrogens (tertiary/aromatic N) is 7. The van der Waals surface area contributed by atoms with Gasteiger partial charge in [0.25, 0.3) is 5.91 Å². The molecule has 2 aromatic heterocycles. The van der Waals surface area contributed by atoms with E-state index in [1.165, 1.54) is 25.8 Å². The van der Waals surface area contributed by atoms with Gasteiger partial charge >= 0.3 is 18.4 Å². The summed E-state index contributed by atoms with van der Waals surface area (Å²) in [6.45, 7) is -0.118. The zero-order chi connectivity index (χ0) is 25.5. The Morgan fingerprint density at radius 1 is 0.943 bits per heavy atom. The van der Waals surface area contributed by atoms with Crippen LogP contribution in [0.2, 0.25) is 0 Å². The van der Waals surface area contributed by atoms with Crippen LogP contribution in [-0.4, -0.2) is 53.5 Å². The molecule has 1 aliphatic heterocycles. The predicted octanol–water partition coefficient (Wildman–Crippen LogP) is 3.67. The van der Waals surface area contributed by atoms with Gasteiger partial charge < -0.3 is 0 Å². The molecule has 1 fully saturated rings. The Kier molecular flexibility index (Phi) is 5.78. The number of alkyl halides is 6. The van der Waals surface area contributed by atoms with E-state index in [4.69, 9.17) is 0 Å². The van der Waals surface area contributed by atoms with Crippen LogP contribution in [-0.2, 0) is 23.7 Å². The van der Waals surface area contributed by atoms with Gasteiger partial charge in [-0.3, -0.25) is 14.6 Å². The van der Waals surface area contributed by atoms with Crippen molar-refractivity contribution < 1.29 is 35.9 Å². The molecule has 0 unspecified atom stereocenters. The molecule has 4 rings (SSSR count). The third-order valence-corrected chi connectivity index (χ3v) is 4.91. The first kappa shape index (κ1) is 23.8. The highest BCUT2D eigenvalue weighted by Gasteiger charge is 2.39. The van der Waals surface area contributed by atoms with E-state index >= 15 is 0 Å². The van der Waals surface area contributed by atoms with Crippen LogP contribution in [0.3, 0.4) is 0 Å². The van der Waals surface area contributed by atoms with E-state index in [2.05, 4.69) is 20.1 Å². The summed E-state index contributed by atoms with van der Waals surface area (Å²) in [5.41, 5.74) is -3.24. The molecular formula is C20H13F6N7O2. The van der Waals surface area contributed by atoms with Gasteiger partial charge in [-0.1, -0.05) is 0 Å². The monoisotopic (exact) mass is 497 g/mol. The van der Waals surface area contributed by atoms with Crippen LogP contribution < -0.4 is 0 Å². The number of halogens is 6. The zero-order valence-electron chi connectivity index (χ0n) is 17.5. The topological polar surface area (TPSA) is 97.1 Å². The lowest BCUT2D eigenvalue weighted by Crippen LogP contribution is -2.31. The van der Waals surface area contributed by atoms with Crippen molar-refractivity contribution in [3.8, 4) is 11.4 Å². The van der Waals surface area contributed by atoms with E-state index in [1.54, 1.807) is 0 Å². The number of urea groups is 1. The minimum atomic E-state index is -5.03. The number of amides is 3. The fraction of sp³-hybridized carbons (Fsp3) is 0.200. The van der Waals surface area contributed by atoms with Crippen LogP contribution in [0.4, 0.5) is 31.1 Å². The summed E-state index contributed by atoms with van der Waals surface area (Å²) in [6, 6.07) is 0.301. The van der Waals surface area contributed by atoms with Crippen molar-refractivity contribution in [2.75, 3.05) is 7.05 Å². The molecule has 3 amide bonds. The molecule has 182 valence electrons. The third kappa shape index (κ3) is 4.83. The number of carbonyl (C=O) groups is 2. The second kappa shape index (κ2) is 8.48. The third-order valence-electron chi connectivity index (χ3n) is 4.91. The smallest absolute Gasteiger partial charge is 0.291 e. The molecule has 1 saturated heterocycles. The lowest BCUT2D eigenvalue weighted by molar-refractivity contribution is -0.143. The molecule has 0 radical (unpaired) electrons. The van der Waals surface area contributed by atoms with Gasteiger partial charge in [-0.05, 0) is 18.2 Å². The molecule has 3 aromatic rings. The van der Waals surface area contributed by atoms with Crippen LogP contribution in [0.1, 0.15) is 16.7 Å². The quantitative estimate of drug-likeness (QED) is 0.310. The van der Waals surface area contributed by atoms with Gasteiger partial charge in [0, 0.05) is 30.6 Å². The number of carbonyl (C=O) groups excluding carboxylic acids is 2. The van der Waals surface area contributed by atoms with Gasteiger partial charge in [-0.15, -0.1) is 5.10 Å². The highest BCUT2D eigenvalue weighted by molar-refractivity contribution is 6.13. The number of hydrogen-bond acceptors (Lipinski definition) is 6. The van der Waals surface area contributed by atoms with E-state index in [0.717, 1.165) is 27.0 Å². The van der Waals surface area contributed by atoms with Crippen molar-refractivity contribution in [3.63, 3.8) is 0 Å². The number of benzene rings is 1. The molecule has 15 heteroatoms. The molecule has 0 atom stereocenters. The first-order valence-corrected chi connectivity index (χ1v) is 9.61. The predicted molar refractivity (Wildman–Crippen MR) is 105 cm³/mol. The molecule has 0 saturated carbocycles. The molecule has 0 spiro atoms. The lowest BCUT2D eigenvalue weighted by Gasteiger charge is -2.13. The van der Waals surface area contributed by atoms with Gasteiger partial charge in [0.05, 0.1) is 23.9 Å². The summed E-state index contributed by atoms with van der Waals surface area (Å²) in [5, 5.41) is 3.86. The maximum Gasteiger partial charge on any atom is 0.416 e. The Balaban J connectivity index is 1.65. The molecule has 9 nitrogen and oxygen atoms in total. The van der Waals surface area contributed by atoms with Crippen molar-refractivity contribution in [1.29, 1.82) is 0 Å². The number of rotatable bonds is 4. The maximum absolute atomic E-state index is 13.1. The van der Waals surface area contributed by atoms with E-state index in [-0.39, 0.29) is 18.3 Å². The van der Waals surface area contributed by atoms with E-state index in [9.17, 15) is 35.9 Å². The van der Waals surface area contributed by atoms with Crippen LogP contribution in [0.5, 0.6) is 0 Å². The highest BCUT2D eigenvalue weighted by atomic mass is 19.4. The summed E-state index contributed by atoms with van der Waals surface area (Å²) < 4.78 is 79.7. The molecule has 0 N–H and O–H groups in total. The maximum atomic E-state index is 13.1. The normalized spacial score (nSPS) is 16.0. The average molecular weight is 497 g/mol. The molecule has 1 aromatic carbocycles. The Morgan fingerprint density at radius 2 is 1.54 bits per heavy atom. The summed E-state index contributed by atoms with van der Waals surface area (Å²) in [5.74, 6) is -1.16. The number of hydrogen-bond donors (Lipinski definition) is 0. The Hall–Kier alpha value is -4.30. The highest BCUT2D eigenvalue weighted by Crippen LogP contribution is 2.38. The minimum absolute atomic E-state index is 0.00734. The second-order valence-corrected chi connectivity index (χ2v) is 7.34. The van der Waals surface area contributed by atoms with Crippen molar-refractivity contribution in [2.24, 2.45) is 0 Å². The van der Waals surface area contributed by atoms with Crippen molar-refractivity contribution in [2.45, 2.75) is 18.9 Å². The molecule has 0 bridgehead atoms. The lowest BCUT2D eigenvalue weighted by atomic mass is 10.0. The first-order chi connectivity index (χ1) is 16.3. The van der Waals surface area contributed by atoms with Crippen molar-refractivity contribution >= 4 is 18.1 Å². The molecule has 1 aliphatic rings. The summed E-state index contributed by atoms with van der Waals surface area (Å²) >= 11 is 0. The van der Waals surface area contributed by atoms with Gasteiger partial charge in [-0.25, -0.2) is 24.4 Å². The summed E-state index contributed by atoms with van der Waals surface area (Å²) in [6.07, 6.45) is -3.89. The zero-order valence-corrected chi connectivity index (χ0v) is 17.5. The minimum Gasteiger partial charge on any atom is -0.291 e. The van der Waals surface area contributed by atoms with E-state index < -0.39 is 46.8 Å². The van der Waals surface area contributed by atoms with Crippen molar-refractivity contribution in [1.82, 2.24) is 34.5 Å². The van der Waals surface area contributed by atoms with Crippen LogP contribution >= 0.6 is 0 Å². The molecule has 3 heterocycles. The number of aromatic nitrogens is 5. The van der Waals surface area contributed by atoms with Gasteiger partial charge in [0.15, 0.2) is 5.82 Å². The number of likely N-dealkylation sites (N-methyl/N-ethyl adjacent to an activating group) is 1. The summed E-state index contributed by atoms with van der Waals surface area (Å²) in [7, 11) is 1.31. The van der Waals surface area contributed by atoms with E-state index in [1.807, 2.05) is 0 Å². The average Bonchev–Trinajstić information content (AvgIpc) is 3.34. The fourth-order valence-electron chi connectivity index (χ4n) is 3.21. The van der Waals surface area contributed by atoms with Crippen LogP contribution in [0, 0.1) is 0 Å².